The van der Waals surface area contributed by atoms with E-state index in [2.05, 4.69) is 5.32 Å². The fourth-order valence-electron chi connectivity index (χ4n) is 3.81. The Hall–Kier alpha value is -3.34. The van der Waals surface area contributed by atoms with E-state index in [0.717, 1.165) is 23.6 Å². The van der Waals surface area contributed by atoms with Crippen molar-refractivity contribution in [1.29, 1.82) is 0 Å². The van der Waals surface area contributed by atoms with E-state index in [1.165, 1.54) is 0 Å². The molecule has 0 radical (unpaired) electrons. The minimum absolute atomic E-state index is 0.0116. The summed E-state index contributed by atoms with van der Waals surface area (Å²) in [4.78, 5) is 26.8. The second-order valence-electron chi connectivity index (χ2n) is 7.70. The molecule has 5 nitrogen and oxygen atoms in total. The predicted molar refractivity (Wildman–Crippen MR) is 118 cm³/mol. The average Bonchev–Trinajstić information content (AvgIpc) is 2.81. The Morgan fingerprint density at radius 3 is 2.37 bits per heavy atom. The summed E-state index contributed by atoms with van der Waals surface area (Å²) in [5.74, 6) is 1.05. The third-order valence-corrected chi connectivity index (χ3v) is 5.64. The van der Waals surface area contributed by atoms with Crippen molar-refractivity contribution in [2.24, 2.45) is 5.92 Å². The minimum atomic E-state index is -0.0458. The maximum absolute atomic E-state index is 12.5. The summed E-state index contributed by atoms with van der Waals surface area (Å²) in [5.41, 5.74) is 0.680. The van der Waals surface area contributed by atoms with Gasteiger partial charge in [-0.2, -0.15) is 0 Å². The molecule has 154 valence electrons. The van der Waals surface area contributed by atoms with Crippen LogP contribution in [0.25, 0.3) is 10.8 Å². The van der Waals surface area contributed by atoms with E-state index >= 15 is 0 Å². The molecule has 0 unspecified atom stereocenters. The number of hydrogen-bond donors (Lipinski definition) is 1. The van der Waals surface area contributed by atoms with Gasteiger partial charge in [0.2, 0.25) is 0 Å². The van der Waals surface area contributed by atoms with Crippen LogP contribution in [0.1, 0.15) is 23.2 Å². The first-order valence-electron chi connectivity index (χ1n) is 10.4. The fourth-order valence-corrected chi connectivity index (χ4v) is 3.81. The molecule has 1 aliphatic heterocycles. The van der Waals surface area contributed by atoms with Gasteiger partial charge in [0.1, 0.15) is 5.75 Å². The summed E-state index contributed by atoms with van der Waals surface area (Å²) in [6, 6.07) is 23.2. The van der Waals surface area contributed by atoms with Crippen molar-refractivity contribution in [2.75, 3.05) is 26.2 Å². The van der Waals surface area contributed by atoms with Gasteiger partial charge in [-0.15, -0.1) is 0 Å². The molecule has 1 N–H and O–H groups in total. The highest BCUT2D eigenvalue weighted by Crippen LogP contribution is 2.18. The molecule has 1 fully saturated rings. The molecule has 1 aliphatic rings. The van der Waals surface area contributed by atoms with Crippen LogP contribution in [0.5, 0.6) is 5.75 Å². The molecule has 0 aromatic heterocycles. The third-order valence-electron chi connectivity index (χ3n) is 5.64. The molecule has 2 amide bonds. The molecule has 3 aromatic rings. The van der Waals surface area contributed by atoms with Gasteiger partial charge in [-0.3, -0.25) is 9.59 Å². The van der Waals surface area contributed by atoms with Crippen molar-refractivity contribution >= 4 is 22.6 Å². The van der Waals surface area contributed by atoms with Crippen LogP contribution in [0.15, 0.2) is 72.8 Å². The van der Waals surface area contributed by atoms with E-state index in [-0.39, 0.29) is 18.4 Å². The van der Waals surface area contributed by atoms with Crippen LogP contribution >= 0.6 is 0 Å². The van der Waals surface area contributed by atoms with Gasteiger partial charge in [0.15, 0.2) is 6.61 Å². The number of ether oxygens (including phenoxy) is 1. The van der Waals surface area contributed by atoms with Gasteiger partial charge in [-0.1, -0.05) is 48.5 Å². The number of rotatable bonds is 6. The number of piperidine rings is 1. The third kappa shape index (κ3) is 4.98. The van der Waals surface area contributed by atoms with E-state index in [4.69, 9.17) is 4.74 Å². The first-order chi connectivity index (χ1) is 14.7. The number of nitrogens with zero attached hydrogens (tertiary/aromatic N) is 1. The standard InChI is InChI=1S/C25H26N2O3/c28-24(18-30-23-8-2-1-3-9-23)27-14-12-19(13-15-27)17-26-25(29)22-11-10-20-6-4-5-7-21(20)16-22/h1-11,16,19H,12-15,17-18H2,(H,26,29). The largest absolute Gasteiger partial charge is 0.484 e. The zero-order valence-corrected chi connectivity index (χ0v) is 16.9. The van der Waals surface area contributed by atoms with Gasteiger partial charge < -0.3 is 15.0 Å². The first-order valence-corrected chi connectivity index (χ1v) is 10.4. The molecule has 30 heavy (non-hydrogen) atoms. The van der Waals surface area contributed by atoms with E-state index < -0.39 is 0 Å². The van der Waals surface area contributed by atoms with Gasteiger partial charge in [0, 0.05) is 25.2 Å². The Balaban J connectivity index is 1.21. The SMILES string of the molecule is O=C(NCC1CCN(C(=O)COc2ccccc2)CC1)c1ccc2ccccc2c1. The van der Waals surface area contributed by atoms with Crippen LogP contribution in [-0.4, -0.2) is 43.0 Å². The van der Waals surface area contributed by atoms with Crippen LogP contribution < -0.4 is 10.1 Å². The summed E-state index contributed by atoms with van der Waals surface area (Å²) < 4.78 is 5.56. The highest BCUT2D eigenvalue weighted by molar-refractivity contribution is 5.98. The lowest BCUT2D eigenvalue weighted by molar-refractivity contribution is -0.134. The van der Waals surface area contributed by atoms with Gasteiger partial charge >= 0.3 is 0 Å². The normalized spacial score (nSPS) is 14.5. The Labute approximate surface area is 176 Å². The van der Waals surface area contributed by atoms with E-state index in [1.807, 2.05) is 77.7 Å². The zero-order valence-electron chi connectivity index (χ0n) is 16.9. The second-order valence-corrected chi connectivity index (χ2v) is 7.70. The Bertz CT molecular complexity index is 1010. The molecule has 4 rings (SSSR count). The minimum Gasteiger partial charge on any atom is -0.484 e. The Kier molecular flexibility index (Phi) is 6.28. The smallest absolute Gasteiger partial charge is 0.260 e. The maximum atomic E-state index is 12.5. The predicted octanol–water partition coefficient (Wildman–Crippen LogP) is 3.89. The van der Waals surface area contributed by atoms with Crippen molar-refractivity contribution in [3.63, 3.8) is 0 Å². The summed E-state index contributed by atoms with van der Waals surface area (Å²) in [6.45, 7) is 2.10. The highest BCUT2D eigenvalue weighted by Gasteiger charge is 2.23. The summed E-state index contributed by atoms with van der Waals surface area (Å²) in [7, 11) is 0. The number of nitrogens with one attached hydrogen (secondary N) is 1. The number of likely N-dealkylation sites (tertiary alicyclic amines) is 1. The van der Waals surface area contributed by atoms with Crippen molar-refractivity contribution in [3.05, 3.63) is 78.4 Å². The van der Waals surface area contributed by atoms with Crippen LogP contribution in [0.4, 0.5) is 0 Å². The van der Waals surface area contributed by atoms with Crippen LogP contribution in [-0.2, 0) is 4.79 Å². The molecule has 0 spiro atoms. The molecule has 3 aromatic carbocycles. The summed E-state index contributed by atoms with van der Waals surface area (Å²) in [6.07, 6.45) is 1.77. The maximum Gasteiger partial charge on any atom is 0.260 e. The van der Waals surface area contributed by atoms with Gasteiger partial charge in [0.05, 0.1) is 0 Å². The van der Waals surface area contributed by atoms with E-state index in [9.17, 15) is 9.59 Å². The lowest BCUT2D eigenvalue weighted by Gasteiger charge is -2.32. The molecule has 1 heterocycles. The zero-order chi connectivity index (χ0) is 20.8. The van der Waals surface area contributed by atoms with Crippen molar-refractivity contribution < 1.29 is 14.3 Å². The van der Waals surface area contributed by atoms with Crippen LogP contribution in [0.3, 0.4) is 0 Å². The molecule has 0 aliphatic carbocycles. The monoisotopic (exact) mass is 402 g/mol. The number of carbonyl (C=O) groups is 2. The topological polar surface area (TPSA) is 58.6 Å². The number of hydrogen-bond acceptors (Lipinski definition) is 3. The average molecular weight is 402 g/mol. The fraction of sp³-hybridized carbons (Fsp3) is 0.280. The van der Waals surface area contributed by atoms with Gasteiger partial charge in [-0.05, 0) is 53.8 Å². The van der Waals surface area contributed by atoms with E-state index in [1.54, 1.807) is 0 Å². The number of amides is 2. The number of fused-ring (bicyclic) bond motifs is 1. The molecule has 5 heteroatoms. The van der Waals surface area contributed by atoms with Crippen LogP contribution in [0, 0.1) is 5.92 Å². The summed E-state index contributed by atoms with van der Waals surface area (Å²) in [5, 5.41) is 5.25. The molecule has 1 saturated heterocycles. The van der Waals surface area contributed by atoms with E-state index in [0.29, 0.717) is 36.9 Å². The molecule has 0 saturated carbocycles. The van der Waals surface area contributed by atoms with Crippen molar-refractivity contribution in [3.8, 4) is 5.75 Å². The van der Waals surface area contributed by atoms with Crippen molar-refractivity contribution in [1.82, 2.24) is 10.2 Å². The number of benzene rings is 3. The lowest BCUT2D eigenvalue weighted by atomic mass is 9.96. The number of para-hydroxylation sites is 1. The molecular formula is C25H26N2O3. The number of carbonyl (C=O) groups excluding carboxylic acids is 2. The van der Waals surface area contributed by atoms with Gasteiger partial charge in [-0.25, -0.2) is 0 Å². The van der Waals surface area contributed by atoms with Crippen LogP contribution in [0.2, 0.25) is 0 Å². The lowest BCUT2D eigenvalue weighted by Crippen LogP contribution is -2.43. The molecule has 0 atom stereocenters. The molecule has 0 bridgehead atoms. The summed E-state index contributed by atoms with van der Waals surface area (Å²) >= 11 is 0. The van der Waals surface area contributed by atoms with Crippen molar-refractivity contribution in [2.45, 2.75) is 12.8 Å². The Morgan fingerprint density at radius 1 is 0.900 bits per heavy atom. The first kappa shape index (κ1) is 20.0. The second kappa shape index (κ2) is 9.44. The quantitative estimate of drug-likeness (QED) is 0.681. The van der Waals surface area contributed by atoms with Gasteiger partial charge in [0.25, 0.3) is 11.8 Å². The molecular weight excluding hydrogens is 376 g/mol. The Morgan fingerprint density at radius 2 is 1.60 bits per heavy atom. The highest BCUT2D eigenvalue weighted by atomic mass is 16.5.